The van der Waals surface area contributed by atoms with Crippen LogP contribution in [0.2, 0.25) is 0 Å². The number of hydrogen-bond acceptors (Lipinski definition) is 1. The number of aliphatic hydroxyl groups is 1. The molecule has 0 amide bonds. The van der Waals surface area contributed by atoms with E-state index in [2.05, 4.69) is 13.8 Å². The summed E-state index contributed by atoms with van der Waals surface area (Å²) in [6.45, 7) is 8.28. The monoisotopic (exact) mass is 378 g/mol. The minimum atomic E-state index is -2.64. The number of benzene rings is 2. The summed E-state index contributed by atoms with van der Waals surface area (Å²) in [6.07, 6.45) is 0.493. The smallest absolute Gasteiger partial charge is 0.263 e. The molecule has 0 spiro atoms. The zero-order chi connectivity index (χ0) is 20.2. The van der Waals surface area contributed by atoms with Gasteiger partial charge in [0.15, 0.2) is 0 Å². The van der Waals surface area contributed by atoms with E-state index in [1.807, 2.05) is 19.9 Å². The molecule has 1 N–H and O–H groups in total. The second kappa shape index (κ2) is 8.92. The average Bonchev–Trinajstić information content (AvgIpc) is 3.02. The molecule has 1 aliphatic rings. The molecule has 3 rings (SSSR count). The van der Waals surface area contributed by atoms with Crippen LogP contribution in [0.3, 0.4) is 0 Å². The van der Waals surface area contributed by atoms with Crippen LogP contribution >= 0.6 is 0 Å². The Bertz CT molecular complexity index is 768. The van der Waals surface area contributed by atoms with Crippen molar-refractivity contribution in [2.45, 2.75) is 65.9 Å². The van der Waals surface area contributed by atoms with Crippen LogP contribution < -0.4 is 0 Å². The van der Waals surface area contributed by atoms with E-state index in [0.29, 0.717) is 5.56 Å². The maximum atomic E-state index is 14.5. The van der Waals surface area contributed by atoms with Crippen LogP contribution in [-0.2, 0) is 6.61 Å². The standard InChI is InChI=1S/C21H23F3O.C2H6/c1-21(2)9-3-4-18(21)16-10-13(12-25)5-7-15(16)17-11-14(20(23)24)6-8-19(17)22;1-2/h5-8,10-11,18,20,25H,3-4,9,12H2,1-2H3;1-2H3. The van der Waals surface area contributed by atoms with Crippen molar-refractivity contribution in [3.63, 3.8) is 0 Å². The highest BCUT2D eigenvalue weighted by Gasteiger charge is 2.37. The highest BCUT2D eigenvalue weighted by Crippen LogP contribution is 2.51. The summed E-state index contributed by atoms with van der Waals surface area (Å²) in [6, 6.07) is 8.88. The van der Waals surface area contributed by atoms with Gasteiger partial charge in [-0.2, -0.15) is 0 Å². The molecule has 0 aromatic heterocycles. The molecule has 1 aliphatic carbocycles. The second-order valence-electron chi connectivity index (χ2n) is 7.55. The van der Waals surface area contributed by atoms with E-state index < -0.39 is 12.2 Å². The van der Waals surface area contributed by atoms with Crippen LogP contribution in [0.15, 0.2) is 36.4 Å². The van der Waals surface area contributed by atoms with E-state index in [1.165, 1.54) is 6.07 Å². The molecule has 4 heteroatoms. The zero-order valence-electron chi connectivity index (χ0n) is 16.5. The van der Waals surface area contributed by atoms with Gasteiger partial charge >= 0.3 is 0 Å². The Morgan fingerprint density at radius 2 is 1.78 bits per heavy atom. The molecule has 1 fully saturated rings. The van der Waals surface area contributed by atoms with Gasteiger partial charge in [-0.15, -0.1) is 0 Å². The van der Waals surface area contributed by atoms with Gasteiger partial charge in [0, 0.05) is 11.1 Å². The van der Waals surface area contributed by atoms with Crippen molar-refractivity contribution in [1.82, 2.24) is 0 Å². The molecule has 148 valence electrons. The molecular weight excluding hydrogens is 349 g/mol. The van der Waals surface area contributed by atoms with Crippen molar-refractivity contribution in [2.24, 2.45) is 5.41 Å². The van der Waals surface area contributed by atoms with Crippen LogP contribution in [-0.4, -0.2) is 5.11 Å². The topological polar surface area (TPSA) is 20.2 Å². The van der Waals surface area contributed by atoms with Crippen molar-refractivity contribution in [1.29, 1.82) is 0 Å². The normalized spacial score (nSPS) is 18.3. The van der Waals surface area contributed by atoms with Crippen LogP contribution in [0.5, 0.6) is 0 Å². The minimum absolute atomic E-state index is 0.0552. The van der Waals surface area contributed by atoms with Gasteiger partial charge in [0.25, 0.3) is 6.43 Å². The van der Waals surface area contributed by atoms with E-state index in [1.54, 1.807) is 12.1 Å². The maximum absolute atomic E-state index is 14.5. The van der Waals surface area contributed by atoms with Gasteiger partial charge in [0.2, 0.25) is 0 Å². The first-order valence-electron chi connectivity index (χ1n) is 9.65. The summed E-state index contributed by atoms with van der Waals surface area (Å²) < 4.78 is 40.6. The quantitative estimate of drug-likeness (QED) is 0.594. The first-order chi connectivity index (χ1) is 12.8. The van der Waals surface area contributed by atoms with Gasteiger partial charge in [0.05, 0.1) is 6.61 Å². The Hall–Kier alpha value is -1.81. The van der Waals surface area contributed by atoms with Crippen molar-refractivity contribution in [3.8, 4) is 11.1 Å². The predicted molar refractivity (Wildman–Crippen MR) is 104 cm³/mol. The number of rotatable bonds is 4. The molecule has 27 heavy (non-hydrogen) atoms. The Labute approximate surface area is 160 Å². The third kappa shape index (κ3) is 4.55. The van der Waals surface area contributed by atoms with Gasteiger partial charge in [0.1, 0.15) is 5.82 Å². The number of alkyl halides is 2. The van der Waals surface area contributed by atoms with Crippen molar-refractivity contribution < 1.29 is 18.3 Å². The van der Waals surface area contributed by atoms with Gasteiger partial charge in [-0.3, -0.25) is 0 Å². The highest BCUT2D eigenvalue weighted by molar-refractivity contribution is 5.70. The minimum Gasteiger partial charge on any atom is -0.392 e. The molecule has 0 radical (unpaired) electrons. The van der Waals surface area contributed by atoms with Gasteiger partial charge in [-0.25, -0.2) is 13.2 Å². The fraction of sp³-hybridized carbons (Fsp3) is 0.478. The lowest BCUT2D eigenvalue weighted by atomic mass is 9.75. The zero-order valence-corrected chi connectivity index (χ0v) is 16.5. The van der Waals surface area contributed by atoms with E-state index in [0.717, 1.165) is 42.5 Å². The number of hydrogen-bond donors (Lipinski definition) is 1. The molecule has 0 aliphatic heterocycles. The lowest BCUT2D eigenvalue weighted by molar-refractivity contribution is 0.151. The predicted octanol–water partition coefficient (Wildman–Crippen LogP) is 7.24. The number of aliphatic hydroxyl groups excluding tert-OH is 1. The summed E-state index contributed by atoms with van der Waals surface area (Å²) in [5.74, 6) is -0.290. The Balaban J connectivity index is 0.00000126. The van der Waals surface area contributed by atoms with Crippen LogP contribution in [0.4, 0.5) is 13.2 Å². The van der Waals surface area contributed by atoms with Crippen molar-refractivity contribution in [3.05, 3.63) is 58.9 Å². The molecule has 2 aromatic carbocycles. The average molecular weight is 378 g/mol. The Morgan fingerprint density at radius 3 is 2.33 bits per heavy atom. The first kappa shape index (κ1) is 21.5. The van der Waals surface area contributed by atoms with Crippen LogP contribution in [0, 0.1) is 11.2 Å². The van der Waals surface area contributed by atoms with Gasteiger partial charge in [-0.1, -0.05) is 58.4 Å². The molecule has 1 atom stereocenters. The summed E-state index contributed by atoms with van der Waals surface area (Å²) >= 11 is 0. The number of halogens is 3. The molecule has 0 heterocycles. The van der Waals surface area contributed by atoms with Crippen LogP contribution in [0.1, 0.15) is 76.0 Å². The third-order valence-electron chi connectivity index (χ3n) is 5.46. The van der Waals surface area contributed by atoms with Crippen LogP contribution in [0.25, 0.3) is 11.1 Å². The maximum Gasteiger partial charge on any atom is 0.263 e. The summed E-state index contributed by atoms with van der Waals surface area (Å²) in [4.78, 5) is 0. The fourth-order valence-corrected chi connectivity index (χ4v) is 4.03. The van der Waals surface area contributed by atoms with Crippen molar-refractivity contribution in [2.75, 3.05) is 0 Å². The summed E-state index contributed by atoms with van der Waals surface area (Å²) in [5.41, 5.74) is 2.43. The van der Waals surface area contributed by atoms with E-state index in [4.69, 9.17) is 0 Å². The molecule has 2 aromatic rings. The second-order valence-corrected chi connectivity index (χ2v) is 7.55. The molecule has 0 saturated heterocycles. The van der Waals surface area contributed by atoms with Gasteiger partial charge in [-0.05, 0) is 53.0 Å². The Morgan fingerprint density at radius 1 is 1.07 bits per heavy atom. The third-order valence-corrected chi connectivity index (χ3v) is 5.46. The molecular formula is C23H29F3O. The Kier molecular flexibility index (Phi) is 7.10. The lowest BCUT2D eigenvalue weighted by Gasteiger charge is -2.30. The van der Waals surface area contributed by atoms with E-state index in [-0.39, 0.29) is 29.1 Å². The van der Waals surface area contributed by atoms with Crippen molar-refractivity contribution >= 4 is 0 Å². The summed E-state index contributed by atoms with van der Waals surface area (Å²) in [7, 11) is 0. The molecule has 1 unspecified atom stereocenters. The largest absolute Gasteiger partial charge is 0.392 e. The lowest BCUT2D eigenvalue weighted by Crippen LogP contribution is -2.16. The fourth-order valence-electron chi connectivity index (χ4n) is 4.03. The van der Waals surface area contributed by atoms with E-state index >= 15 is 0 Å². The highest BCUT2D eigenvalue weighted by atomic mass is 19.3. The first-order valence-corrected chi connectivity index (χ1v) is 9.65. The molecule has 1 nitrogen and oxygen atoms in total. The van der Waals surface area contributed by atoms with Gasteiger partial charge < -0.3 is 5.11 Å². The summed E-state index contributed by atoms with van der Waals surface area (Å²) in [5, 5.41) is 9.49. The van der Waals surface area contributed by atoms with E-state index in [9.17, 15) is 18.3 Å². The molecule has 0 bridgehead atoms. The SMILES string of the molecule is CC.CC1(C)CCCC1c1cc(CO)ccc1-c1cc(C(F)F)ccc1F. The molecule has 1 saturated carbocycles.